The van der Waals surface area contributed by atoms with Gasteiger partial charge < -0.3 is 5.32 Å². The number of aromatic nitrogens is 2. The van der Waals surface area contributed by atoms with Crippen molar-refractivity contribution in [2.75, 3.05) is 6.54 Å². The Morgan fingerprint density at radius 3 is 2.67 bits per heavy atom. The Balaban J connectivity index is 2.53. The molecule has 0 fully saturated rings. The molecule has 1 N–H and O–H groups in total. The van der Waals surface area contributed by atoms with Crippen molar-refractivity contribution in [2.24, 2.45) is 0 Å². The van der Waals surface area contributed by atoms with Gasteiger partial charge in [-0.15, -0.1) is 0 Å². The predicted molar refractivity (Wildman–Crippen MR) is 87.0 cm³/mol. The van der Waals surface area contributed by atoms with Crippen LogP contribution in [0.2, 0.25) is 0 Å². The highest BCUT2D eigenvalue weighted by molar-refractivity contribution is 9.10. The quantitative estimate of drug-likeness (QED) is 0.864. The van der Waals surface area contributed by atoms with Gasteiger partial charge in [0.15, 0.2) is 0 Å². The van der Waals surface area contributed by atoms with Gasteiger partial charge in [0.25, 0.3) is 0 Å². The molecular formula is C16H21BrFN3. The van der Waals surface area contributed by atoms with E-state index < -0.39 is 0 Å². The smallest absolute Gasteiger partial charge is 0.126 e. The summed E-state index contributed by atoms with van der Waals surface area (Å²) in [6.45, 7) is 8.77. The van der Waals surface area contributed by atoms with Crippen LogP contribution in [0.4, 0.5) is 4.39 Å². The second kappa shape index (κ2) is 6.71. The molecular weight excluding hydrogens is 333 g/mol. The number of nitrogens with one attached hydrogen (secondary N) is 1. The lowest BCUT2D eigenvalue weighted by Gasteiger charge is -2.22. The van der Waals surface area contributed by atoms with Crippen molar-refractivity contribution < 1.29 is 4.39 Å². The topological polar surface area (TPSA) is 29.9 Å². The molecule has 2 aromatic rings. The van der Waals surface area contributed by atoms with E-state index in [1.165, 1.54) is 0 Å². The Morgan fingerprint density at radius 2 is 2.10 bits per heavy atom. The van der Waals surface area contributed by atoms with E-state index in [2.05, 4.69) is 40.2 Å². The Morgan fingerprint density at radius 1 is 1.38 bits per heavy atom. The first-order valence-electron chi connectivity index (χ1n) is 7.18. The molecule has 1 atom stereocenters. The molecule has 1 unspecified atom stereocenters. The summed E-state index contributed by atoms with van der Waals surface area (Å²) in [7, 11) is 0. The van der Waals surface area contributed by atoms with Crippen molar-refractivity contribution in [3.63, 3.8) is 0 Å². The molecule has 114 valence electrons. The van der Waals surface area contributed by atoms with Gasteiger partial charge in [-0.3, -0.25) is 4.68 Å². The zero-order valence-corrected chi connectivity index (χ0v) is 14.4. The Hall–Kier alpha value is -1.20. The van der Waals surface area contributed by atoms with Crippen molar-refractivity contribution in [3.8, 4) is 0 Å². The van der Waals surface area contributed by atoms with E-state index >= 15 is 0 Å². The first-order chi connectivity index (χ1) is 9.95. The van der Waals surface area contributed by atoms with E-state index in [0.29, 0.717) is 5.56 Å². The van der Waals surface area contributed by atoms with Crippen LogP contribution < -0.4 is 5.32 Å². The van der Waals surface area contributed by atoms with Gasteiger partial charge in [-0.05, 0) is 60.4 Å². The van der Waals surface area contributed by atoms with Crippen molar-refractivity contribution in [1.82, 2.24) is 15.1 Å². The Bertz CT molecular complexity index is 622. The fraction of sp³-hybridized carbons (Fsp3) is 0.438. The third-order valence-electron chi connectivity index (χ3n) is 3.49. The third-order valence-corrected chi connectivity index (χ3v) is 4.10. The van der Waals surface area contributed by atoms with Crippen LogP contribution >= 0.6 is 15.9 Å². The molecule has 0 spiro atoms. The summed E-state index contributed by atoms with van der Waals surface area (Å²) in [4.78, 5) is 0. The largest absolute Gasteiger partial charge is 0.305 e. The molecule has 5 heteroatoms. The lowest BCUT2D eigenvalue weighted by atomic mass is 10.0. The molecule has 1 heterocycles. The van der Waals surface area contributed by atoms with Crippen LogP contribution in [-0.4, -0.2) is 16.3 Å². The Labute approximate surface area is 133 Å². The van der Waals surface area contributed by atoms with Gasteiger partial charge in [0.1, 0.15) is 5.82 Å². The van der Waals surface area contributed by atoms with E-state index in [1.54, 1.807) is 19.2 Å². The van der Waals surface area contributed by atoms with Crippen LogP contribution in [0.1, 0.15) is 49.7 Å². The summed E-state index contributed by atoms with van der Waals surface area (Å²) in [5.74, 6) is -0.179. The van der Waals surface area contributed by atoms with Gasteiger partial charge in [-0.1, -0.05) is 19.1 Å². The number of hydrogen-bond donors (Lipinski definition) is 1. The maximum atomic E-state index is 13.9. The first-order valence-corrected chi connectivity index (χ1v) is 7.97. The molecule has 0 aliphatic carbocycles. The summed E-state index contributed by atoms with van der Waals surface area (Å²) in [5, 5.41) is 7.85. The van der Waals surface area contributed by atoms with Crippen LogP contribution in [0, 0.1) is 12.7 Å². The highest BCUT2D eigenvalue weighted by Crippen LogP contribution is 2.31. The highest BCUT2D eigenvalue weighted by atomic mass is 79.9. The van der Waals surface area contributed by atoms with Crippen LogP contribution in [-0.2, 0) is 0 Å². The fourth-order valence-electron chi connectivity index (χ4n) is 2.40. The van der Waals surface area contributed by atoms with Crippen molar-refractivity contribution in [2.45, 2.75) is 39.8 Å². The SMILES string of the molecule is CCNC(c1ccc(C)c(F)c1)c1c(Br)cnn1C(C)C. The summed E-state index contributed by atoms with van der Waals surface area (Å²) in [6.07, 6.45) is 1.80. The summed E-state index contributed by atoms with van der Waals surface area (Å²) < 4.78 is 16.8. The number of halogens is 2. The average molecular weight is 354 g/mol. The molecule has 3 nitrogen and oxygen atoms in total. The summed E-state index contributed by atoms with van der Waals surface area (Å²) in [6, 6.07) is 5.54. The second-order valence-corrected chi connectivity index (χ2v) is 6.27. The van der Waals surface area contributed by atoms with Crippen LogP contribution in [0.3, 0.4) is 0 Å². The zero-order valence-electron chi connectivity index (χ0n) is 12.8. The van der Waals surface area contributed by atoms with Gasteiger partial charge >= 0.3 is 0 Å². The maximum Gasteiger partial charge on any atom is 0.126 e. The minimum absolute atomic E-state index is 0.0932. The molecule has 1 aromatic carbocycles. The summed E-state index contributed by atoms with van der Waals surface area (Å²) >= 11 is 3.57. The van der Waals surface area contributed by atoms with Crippen LogP contribution in [0.25, 0.3) is 0 Å². The molecule has 2 rings (SSSR count). The molecule has 0 saturated carbocycles. The van der Waals surface area contributed by atoms with Gasteiger partial charge in [0.05, 0.1) is 22.4 Å². The van der Waals surface area contributed by atoms with Crippen molar-refractivity contribution in [1.29, 1.82) is 0 Å². The molecule has 0 amide bonds. The fourth-order valence-corrected chi connectivity index (χ4v) is 2.90. The third kappa shape index (κ3) is 3.35. The molecule has 0 bridgehead atoms. The highest BCUT2D eigenvalue weighted by Gasteiger charge is 2.23. The van der Waals surface area contributed by atoms with Crippen LogP contribution in [0.15, 0.2) is 28.9 Å². The van der Waals surface area contributed by atoms with E-state index in [1.807, 2.05) is 23.7 Å². The molecule has 0 aliphatic rings. The van der Waals surface area contributed by atoms with E-state index in [9.17, 15) is 4.39 Å². The predicted octanol–water partition coefficient (Wildman–Crippen LogP) is 4.37. The molecule has 0 radical (unpaired) electrons. The van der Waals surface area contributed by atoms with E-state index in [-0.39, 0.29) is 17.9 Å². The standard InChI is InChI=1S/C16H21BrFN3/c1-5-19-15(12-7-6-11(4)14(18)8-12)16-13(17)9-20-21(16)10(2)3/h6-10,15,19H,5H2,1-4H3. The Kier molecular flexibility index (Phi) is 5.17. The van der Waals surface area contributed by atoms with E-state index in [4.69, 9.17) is 0 Å². The zero-order chi connectivity index (χ0) is 15.6. The number of nitrogens with zero attached hydrogens (tertiary/aromatic N) is 2. The second-order valence-electron chi connectivity index (χ2n) is 5.42. The number of hydrogen-bond acceptors (Lipinski definition) is 2. The minimum atomic E-state index is -0.179. The van der Waals surface area contributed by atoms with Gasteiger partial charge in [-0.25, -0.2) is 4.39 Å². The van der Waals surface area contributed by atoms with Gasteiger partial charge in [0, 0.05) is 6.04 Å². The number of rotatable bonds is 5. The number of aryl methyl sites for hydroxylation is 1. The molecule has 1 aromatic heterocycles. The summed E-state index contributed by atoms with van der Waals surface area (Å²) in [5.41, 5.74) is 2.59. The van der Waals surface area contributed by atoms with E-state index in [0.717, 1.165) is 22.3 Å². The average Bonchev–Trinajstić information content (AvgIpc) is 2.81. The van der Waals surface area contributed by atoms with Gasteiger partial charge in [-0.2, -0.15) is 5.10 Å². The van der Waals surface area contributed by atoms with Crippen LogP contribution in [0.5, 0.6) is 0 Å². The lowest BCUT2D eigenvalue weighted by Crippen LogP contribution is -2.26. The number of benzene rings is 1. The maximum absolute atomic E-state index is 13.9. The minimum Gasteiger partial charge on any atom is -0.305 e. The molecule has 0 saturated heterocycles. The monoisotopic (exact) mass is 353 g/mol. The van der Waals surface area contributed by atoms with Gasteiger partial charge in [0.2, 0.25) is 0 Å². The van der Waals surface area contributed by atoms with Crippen molar-refractivity contribution in [3.05, 3.63) is 51.5 Å². The van der Waals surface area contributed by atoms with Crippen molar-refractivity contribution >= 4 is 15.9 Å². The molecule has 21 heavy (non-hydrogen) atoms. The first kappa shape index (κ1) is 16.2. The molecule has 0 aliphatic heterocycles. The normalized spacial score (nSPS) is 12.9. The lowest BCUT2D eigenvalue weighted by molar-refractivity contribution is 0.474.